The third kappa shape index (κ3) is 3.29. The highest BCUT2D eigenvalue weighted by molar-refractivity contribution is 7.99. The van der Waals surface area contributed by atoms with E-state index in [1.807, 2.05) is 38.1 Å². The predicted octanol–water partition coefficient (Wildman–Crippen LogP) is 4.61. The number of carbonyl (C=O) groups is 1. The van der Waals surface area contributed by atoms with Gasteiger partial charge in [-0.25, -0.2) is 9.78 Å². The van der Waals surface area contributed by atoms with Crippen molar-refractivity contribution in [2.24, 2.45) is 0 Å². The molecule has 2 amide bonds. The molecule has 1 aliphatic rings. The maximum Gasteiger partial charge on any atom is 0.322 e. The molecule has 8 heteroatoms. The second-order valence-corrected chi connectivity index (χ2v) is 7.46. The molecular weight excluding hydrogens is 352 g/mol. The first kappa shape index (κ1) is 17.0. The summed E-state index contributed by atoms with van der Waals surface area (Å²) in [6, 6.07) is 7.18. The Kier molecular flexibility index (Phi) is 4.58. The maximum absolute atomic E-state index is 12.8. The number of rotatable bonds is 4. The van der Waals surface area contributed by atoms with Gasteiger partial charge in [0.05, 0.1) is 11.7 Å². The van der Waals surface area contributed by atoms with Gasteiger partial charge in [0.15, 0.2) is 11.3 Å². The molecule has 26 heavy (non-hydrogen) atoms. The topological polar surface area (TPSA) is 84.4 Å². The van der Waals surface area contributed by atoms with Gasteiger partial charge in [0.25, 0.3) is 5.22 Å². The summed E-state index contributed by atoms with van der Waals surface area (Å²) in [7, 11) is 0. The van der Waals surface area contributed by atoms with Crippen LogP contribution in [0.2, 0.25) is 0 Å². The first-order valence-corrected chi connectivity index (χ1v) is 9.67. The number of carbonyl (C=O) groups excluding carboxylic acids is 1. The van der Waals surface area contributed by atoms with E-state index >= 15 is 0 Å². The Morgan fingerprint density at radius 1 is 1.42 bits per heavy atom. The standard InChI is InChI=1S/C18H20N4O3S/c1-3-26-18-20-13-7-6-12(10-15(13)24-18)19-17(23)22-8-4-5-14(22)16-9-11(2)21-25-16/h6-7,9-10,14H,3-5,8H2,1-2H3,(H,19,23)/t14-/m1/s1. The van der Waals surface area contributed by atoms with Crippen LogP contribution in [0.3, 0.4) is 0 Å². The lowest BCUT2D eigenvalue weighted by atomic mass is 10.1. The molecule has 1 aromatic carbocycles. The fourth-order valence-corrected chi connectivity index (χ4v) is 3.77. The van der Waals surface area contributed by atoms with Crippen LogP contribution >= 0.6 is 11.8 Å². The predicted molar refractivity (Wildman–Crippen MR) is 99.3 cm³/mol. The number of nitrogens with zero attached hydrogens (tertiary/aromatic N) is 3. The second-order valence-electron chi connectivity index (χ2n) is 6.25. The number of thioether (sulfide) groups is 1. The van der Waals surface area contributed by atoms with Crippen molar-refractivity contribution in [3.05, 3.63) is 35.7 Å². The molecule has 3 heterocycles. The molecule has 0 radical (unpaired) electrons. The molecule has 7 nitrogen and oxygen atoms in total. The van der Waals surface area contributed by atoms with Crippen molar-refractivity contribution in [1.29, 1.82) is 0 Å². The Morgan fingerprint density at radius 2 is 2.31 bits per heavy atom. The summed E-state index contributed by atoms with van der Waals surface area (Å²) in [6.45, 7) is 4.62. The van der Waals surface area contributed by atoms with Crippen LogP contribution in [0.4, 0.5) is 10.5 Å². The molecule has 0 spiro atoms. The Balaban J connectivity index is 1.51. The van der Waals surface area contributed by atoms with Gasteiger partial charge in [-0.05, 0) is 37.7 Å². The summed E-state index contributed by atoms with van der Waals surface area (Å²) in [5.74, 6) is 1.63. The van der Waals surface area contributed by atoms with E-state index in [4.69, 9.17) is 8.94 Å². The molecule has 1 fully saturated rings. The summed E-state index contributed by atoms with van der Waals surface area (Å²) in [5, 5.41) is 7.53. The van der Waals surface area contributed by atoms with E-state index in [0.717, 1.165) is 35.6 Å². The number of oxazole rings is 1. The van der Waals surface area contributed by atoms with Crippen molar-refractivity contribution in [2.75, 3.05) is 17.6 Å². The lowest BCUT2D eigenvalue weighted by Crippen LogP contribution is -2.34. The number of aryl methyl sites for hydroxylation is 1. The minimum atomic E-state index is -0.149. The van der Waals surface area contributed by atoms with Crippen LogP contribution in [0, 0.1) is 6.92 Å². The largest absolute Gasteiger partial charge is 0.431 e. The van der Waals surface area contributed by atoms with Gasteiger partial charge in [-0.15, -0.1) is 0 Å². The summed E-state index contributed by atoms with van der Waals surface area (Å²) in [5.41, 5.74) is 2.97. The summed E-state index contributed by atoms with van der Waals surface area (Å²) in [6.07, 6.45) is 1.82. The molecule has 0 saturated carbocycles. The van der Waals surface area contributed by atoms with Crippen molar-refractivity contribution in [1.82, 2.24) is 15.0 Å². The van der Waals surface area contributed by atoms with E-state index in [2.05, 4.69) is 15.5 Å². The Bertz CT molecular complexity index is 936. The molecule has 1 saturated heterocycles. The summed E-state index contributed by atoms with van der Waals surface area (Å²) < 4.78 is 11.1. The van der Waals surface area contributed by atoms with Crippen molar-refractivity contribution in [2.45, 2.75) is 38.0 Å². The fourth-order valence-electron chi connectivity index (χ4n) is 3.21. The van der Waals surface area contributed by atoms with Crippen LogP contribution < -0.4 is 5.32 Å². The molecule has 1 atom stereocenters. The van der Waals surface area contributed by atoms with Crippen LogP contribution in [0.25, 0.3) is 11.1 Å². The normalized spacial score (nSPS) is 17.2. The van der Waals surface area contributed by atoms with Crippen LogP contribution in [0.5, 0.6) is 0 Å². The highest BCUT2D eigenvalue weighted by atomic mass is 32.2. The van der Waals surface area contributed by atoms with E-state index in [-0.39, 0.29) is 12.1 Å². The zero-order chi connectivity index (χ0) is 18.1. The van der Waals surface area contributed by atoms with Crippen LogP contribution in [-0.4, -0.2) is 33.4 Å². The molecule has 1 aliphatic heterocycles. The van der Waals surface area contributed by atoms with E-state index in [9.17, 15) is 4.79 Å². The molecule has 1 N–H and O–H groups in total. The van der Waals surface area contributed by atoms with Crippen molar-refractivity contribution < 1.29 is 13.7 Å². The molecule has 0 unspecified atom stereocenters. The van der Waals surface area contributed by atoms with Gasteiger partial charge < -0.3 is 19.2 Å². The lowest BCUT2D eigenvalue weighted by Gasteiger charge is -2.23. The Morgan fingerprint density at radius 3 is 3.08 bits per heavy atom. The van der Waals surface area contributed by atoms with Gasteiger partial charge in [-0.1, -0.05) is 23.8 Å². The van der Waals surface area contributed by atoms with Crippen molar-refractivity contribution >= 4 is 34.6 Å². The maximum atomic E-state index is 12.8. The zero-order valence-electron chi connectivity index (χ0n) is 14.7. The summed E-state index contributed by atoms with van der Waals surface area (Å²) in [4.78, 5) is 19.0. The molecule has 0 bridgehead atoms. The van der Waals surface area contributed by atoms with Crippen LogP contribution in [0.1, 0.15) is 37.3 Å². The number of benzene rings is 1. The van der Waals surface area contributed by atoms with Crippen molar-refractivity contribution in [3.8, 4) is 0 Å². The highest BCUT2D eigenvalue weighted by Crippen LogP contribution is 2.33. The quantitative estimate of drug-likeness (QED) is 0.674. The first-order valence-electron chi connectivity index (χ1n) is 8.68. The van der Waals surface area contributed by atoms with E-state index in [1.54, 1.807) is 16.7 Å². The zero-order valence-corrected chi connectivity index (χ0v) is 15.5. The van der Waals surface area contributed by atoms with Gasteiger partial charge in [0, 0.05) is 24.4 Å². The SMILES string of the molecule is CCSc1nc2ccc(NC(=O)N3CCC[C@@H]3c3cc(C)no3)cc2o1. The number of anilines is 1. The number of hydrogen-bond donors (Lipinski definition) is 1. The fraction of sp³-hybridized carbons (Fsp3) is 0.389. The lowest BCUT2D eigenvalue weighted by molar-refractivity contribution is 0.195. The highest BCUT2D eigenvalue weighted by Gasteiger charge is 2.32. The third-order valence-corrected chi connectivity index (χ3v) is 5.09. The average Bonchev–Trinajstić information content (AvgIpc) is 3.32. The minimum Gasteiger partial charge on any atom is -0.431 e. The number of amides is 2. The van der Waals surface area contributed by atoms with Crippen LogP contribution in [0.15, 0.2) is 38.4 Å². The van der Waals surface area contributed by atoms with E-state index < -0.39 is 0 Å². The van der Waals surface area contributed by atoms with E-state index in [1.165, 1.54) is 0 Å². The number of likely N-dealkylation sites (tertiary alicyclic amines) is 1. The molecular formula is C18H20N4O3S. The number of hydrogen-bond acceptors (Lipinski definition) is 6. The monoisotopic (exact) mass is 372 g/mol. The average molecular weight is 372 g/mol. The van der Waals surface area contributed by atoms with Gasteiger partial charge in [0.2, 0.25) is 0 Å². The van der Waals surface area contributed by atoms with Gasteiger partial charge in [-0.2, -0.15) is 0 Å². The minimum absolute atomic E-state index is 0.0715. The van der Waals surface area contributed by atoms with E-state index in [0.29, 0.717) is 23.0 Å². The Labute approximate surface area is 155 Å². The van der Waals surface area contributed by atoms with Gasteiger partial charge in [-0.3, -0.25) is 0 Å². The van der Waals surface area contributed by atoms with Gasteiger partial charge in [0.1, 0.15) is 5.52 Å². The molecule has 4 rings (SSSR count). The molecule has 2 aromatic heterocycles. The van der Waals surface area contributed by atoms with Gasteiger partial charge >= 0.3 is 6.03 Å². The summed E-state index contributed by atoms with van der Waals surface area (Å²) >= 11 is 1.55. The second kappa shape index (κ2) is 7.03. The number of aromatic nitrogens is 2. The molecule has 136 valence electrons. The first-order chi connectivity index (χ1) is 12.6. The molecule has 0 aliphatic carbocycles. The van der Waals surface area contributed by atoms with Crippen LogP contribution in [-0.2, 0) is 0 Å². The number of nitrogens with one attached hydrogen (secondary N) is 1. The number of urea groups is 1. The smallest absolute Gasteiger partial charge is 0.322 e. The Hall–Kier alpha value is -2.48. The molecule has 3 aromatic rings. The third-order valence-electron chi connectivity index (χ3n) is 4.38. The van der Waals surface area contributed by atoms with Crippen molar-refractivity contribution in [3.63, 3.8) is 0 Å². The number of fused-ring (bicyclic) bond motifs is 1.